The fourth-order valence-electron chi connectivity index (χ4n) is 3.45. The summed E-state index contributed by atoms with van der Waals surface area (Å²) in [5.74, 6) is 1.44. The highest BCUT2D eigenvalue weighted by molar-refractivity contribution is 7.22. The standard InChI is InChI=1S/C18H23N3O2S/c1-20(17(22)12-8-9-12)13-5-4-10-21(11-13)18-19-16-14(23-2)6-3-7-15(16)24-18/h3,6-7,12-13H,4-5,8-11H2,1-2H3. The third-order valence-corrected chi connectivity index (χ3v) is 6.16. The molecular formula is C18H23N3O2S. The van der Waals surface area contributed by atoms with Gasteiger partial charge in [0.2, 0.25) is 5.91 Å². The number of amides is 1. The molecule has 5 nitrogen and oxygen atoms in total. The van der Waals surface area contributed by atoms with Crippen molar-refractivity contribution in [3.63, 3.8) is 0 Å². The first-order valence-corrected chi connectivity index (χ1v) is 9.44. The van der Waals surface area contributed by atoms with Gasteiger partial charge < -0.3 is 14.5 Å². The van der Waals surface area contributed by atoms with Gasteiger partial charge in [-0.15, -0.1) is 0 Å². The van der Waals surface area contributed by atoms with E-state index in [1.165, 1.54) is 0 Å². The van der Waals surface area contributed by atoms with E-state index in [2.05, 4.69) is 11.0 Å². The van der Waals surface area contributed by atoms with E-state index >= 15 is 0 Å². The number of piperidine rings is 1. The summed E-state index contributed by atoms with van der Waals surface area (Å²) in [7, 11) is 3.65. The molecule has 1 saturated heterocycles. The van der Waals surface area contributed by atoms with Crippen molar-refractivity contribution in [2.24, 2.45) is 5.92 Å². The summed E-state index contributed by atoms with van der Waals surface area (Å²) in [5, 5.41) is 1.03. The van der Waals surface area contributed by atoms with Crippen molar-refractivity contribution in [3.05, 3.63) is 18.2 Å². The molecule has 2 fully saturated rings. The Kier molecular flexibility index (Phi) is 4.08. The maximum absolute atomic E-state index is 12.3. The minimum absolute atomic E-state index is 0.289. The minimum Gasteiger partial charge on any atom is -0.494 e. The Bertz CT molecular complexity index is 756. The average molecular weight is 345 g/mol. The highest BCUT2D eigenvalue weighted by Crippen LogP contribution is 2.36. The lowest BCUT2D eigenvalue weighted by Crippen LogP contribution is -2.49. The van der Waals surface area contributed by atoms with Crippen LogP contribution in [0.15, 0.2) is 18.2 Å². The smallest absolute Gasteiger partial charge is 0.225 e. The summed E-state index contributed by atoms with van der Waals surface area (Å²) in [4.78, 5) is 21.5. The summed E-state index contributed by atoms with van der Waals surface area (Å²) in [6.45, 7) is 1.88. The highest BCUT2D eigenvalue weighted by atomic mass is 32.1. The van der Waals surface area contributed by atoms with E-state index in [0.717, 1.165) is 59.9 Å². The van der Waals surface area contributed by atoms with E-state index < -0.39 is 0 Å². The molecule has 1 aliphatic carbocycles. The predicted octanol–water partition coefficient (Wildman–Crippen LogP) is 3.14. The molecule has 1 unspecified atom stereocenters. The fraction of sp³-hybridized carbons (Fsp3) is 0.556. The van der Waals surface area contributed by atoms with Crippen LogP contribution in [-0.2, 0) is 4.79 Å². The van der Waals surface area contributed by atoms with E-state index in [1.54, 1.807) is 18.4 Å². The summed E-state index contributed by atoms with van der Waals surface area (Å²) in [6, 6.07) is 6.33. The Hall–Kier alpha value is -1.82. The molecule has 4 rings (SSSR count). The van der Waals surface area contributed by atoms with Crippen LogP contribution in [0.5, 0.6) is 5.75 Å². The van der Waals surface area contributed by atoms with Crippen molar-refractivity contribution in [1.82, 2.24) is 9.88 Å². The molecule has 0 N–H and O–H groups in total. The Morgan fingerprint density at radius 1 is 1.38 bits per heavy atom. The van der Waals surface area contributed by atoms with Crippen LogP contribution in [0.1, 0.15) is 25.7 Å². The quantitative estimate of drug-likeness (QED) is 0.854. The second kappa shape index (κ2) is 6.24. The van der Waals surface area contributed by atoms with Crippen LogP contribution in [0, 0.1) is 5.92 Å². The van der Waals surface area contributed by atoms with E-state index in [-0.39, 0.29) is 5.92 Å². The van der Waals surface area contributed by atoms with Crippen LogP contribution in [0.25, 0.3) is 10.2 Å². The normalized spacial score (nSPS) is 21.1. The lowest BCUT2D eigenvalue weighted by Gasteiger charge is -2.37. The van der Waals surface area contributed by atoms with Gasteiger partial charge >= 0.3 is 0 Å². The van der Waals surface area contributed by atoms with Gasteiger partial charge in [-0.2, -0.15) is 0 Å². The molecule has 0 radical (unpaired) electrons. The van der Waals surface area contributed by atoms with Gasteiger partial charge in [0.25, 0.3) is 0 Å². The van der Waals surface area contributed by atoms with Gasteiger partial charge in [-0.3, -0.25) is 4.79 Å². The van der Waals surface area contributed by atoms with Crippen molar-refractivity contribution in [3.8, 4) is 5.75 Å². The zero-order valence-corrected chi connectivity index (χ0v) is 15.0. The molecule has 0 bridgehead atoms. The first-order valence-electron chi connectivity index (χ1n) is 8.62. The number of thiazole rings is 1. The van der Waals surface area contributed by atoms with Crippen LogP contribution in [0.2, 0.25) is 0 Å². The number of nitrogens with zero attached hydrogens (tertiary/aromatic N) is 3. The zero-order valence-electron chi connectivity index (χ0n) is 14.2. The van der Waals surface area contributed by atoms with E-state index in [1.807, 2.05) is 24.1 Å². The third kappa shape index (κ3) is 2.83. The Balaban J connectivity index is 1.54. The number of carbonyl (C=O) groups excluding carboxylic acids is 1. The molecule has 128 valence electrons. The first-order chi connectivity index (χ1) is 11.7. The van der Waals surface area contributed by atoms with E-state index in [9.17, 15) is 4.79 Å². The SMILES string of the molecule is COc1cccc2sc(N3CCCC(N(C)C(=O)C4CC4)C3)nc12. The average Bonchev–Trinajstić information content (AvgIpc) is 3.38. The number of benzene rings is 1. The van der Waals surface area contributed by atoms with Gasteiger partial charge in [0.1, 0.15) is 11.3 Å². The van der Waals surface area contributed by atoms with E-state index in [0.29, 0.717) is 11.9 Å². The molecule has 1 saturated carbocycles. The summed E-state index contributed by atoms with van der Waals surface area (Å²) in [5.41, 5.74) is 0.935. The minimum atomic E-state index is 0.289. The number of methoxy groups -OCH3 is 1. The number of ether oxygens (including phenoxy) is 1. The fourth-order valence-corrected chi connectivity index (χ4v) is 4.47. The Morgan fingerprint density at radius 2 is 2.21 bits per heavy atom. The second-order valence-corrected chi connectivity index (χ2v) is 7.78. The zero-order chi connectivity index (χ0) is 16.7. The molecule has 1 aliphatic heterocycles. The number of fused-ring (bicyclic) bond motifs is 1. The van der Waals surface area contributed by atoms with Gasteiger partial charge in [-0.25, -0.2) is 4.98 Å². The van der Waals surface area contributed by atoms with Crippen molar-refractivity contribution < 1.29 is 9.53 Å². The monoisotopic (exact) mass is 345 g/mol. The number of hydrogen-bond donors (Lipinski definition) is 0. The molecule has 2 aromatic rings. The molecule has 0 spiro atoms. The van der Waals surface area contributed by atoms with Crippen molar-refractivity contribution >= 4 is 32.6 Å². The highest BCUT2D eigenvalue weighted by Gasteiger charge is 2.36. The first kappa shape index (κ1) is 15.7. The van der Waals surface area contributed by atoms with Crippen LogP contribution in [-0.4, -0.2) is 49.1 Å². The van der Waals surface area contributed by atoms with Gasteiger partial charge in [0.15, 0.2) is 5.13 Å². The number of carbonyl (C=O) groups is 1. The van der Waals surface area contributed by atoms with Crippen LogP contribution >= 0.6 is 11.3 Å². The molecule has 6 heteroatoms. The largest absolute Gasteiger partial charge is 0.494 e. The number of likely N-dealkylation sites (N-methyl/N-ethyl adjacent to an activating group) is 1. The lowest BCUT2D eigenvalue weighted by molar-refractivity contribution is -0.133. The number of hydrogen-bond acceptors (Lipinski definition) is 5. The number of anilines is 1. The number of rotatable bonds is 4. The molecule has 2 aliphatic rings. The van der Waals surface area contributed by atoms with Gasteiger partial charge in [0, 0.05) is 32.1 Å². The molecular weight excluding hydrogens is 322 g/mol. The van der Waals surface area contributed by atoms with Gasteiger partial charge in [-0.05, 0) is 37.8 Å². The van der Waals surface area contributed by atoms with Crippen LogP contribution in [0.4, 0.5) is 5.13 Å². The Labute approximate surface area is 146 Å². The maximum Gasteiger partial charge on any atom is 0.225 e. The predicted molar refractivity (Wildman–Crippen MR) is 96.9 cm³/mol. The van der Waals surface area contributed by atoms with Crippen LogP contribution < -0.4 is 9.64 Å². The number of aromatic nitrogens is 1. The summed E-state index contributed by atoms with van der Waals surface area (Å²) < 4.78 is 6.57. The maximum atomic E-state index is 12.3. The third-order valence-electron chi connectivity index (χ3n) is 5.08. The topological polar surface area (TPSA) is 45.7 Å². The molecule has 24 heavy (non-hydrogen) atoms. The summed E-state index contributed by atoms with van der Waals surface area (Å²) >= 11 is 1.71. The molecule has 1 aromatic heterocycles. The molecule has 2 heterocycles. The van der Waals surface area contributed by atoms with E-state index in [4.69, 9.17) is 9.72 Å². The van der Waals surface area contributed by atoms with Gasteiger partial charge in [-0.1, -0.05) is 17.4 Å². The molecule has 1 amide bonds. The molecule has 1 aromatic carbocycles. The van der Waals surface area contributed by atoms with Gasteiger partial charge in [0.05, 0.1) is 11.8 Å². The Morgan fingerprint density at radius 3 is 2.96 bits per heavy atom. The van der Waals surface area contributed by atoms with Crippen molar-refractivity contribution in [2.45, 2.75) is 31.7 Å². The lowest BCUT2D eigenvalue weighted by atomic mass is 10.0. The summed E-state index contributed by atoms with van der Waals surface area (Å²) in [6.07, 6.45) is 4.31. The van der Waals surface area contributed by atoms with Crippen LogP contribution in [0.3, 0.4) is 0 Å². The number of para-hydroxylation sites is 1. The van der Waals surface area contributed by atoms with Crippen molar-refractivity contribution in [1.29, 1.82) is 0 Å². The molecule has 1 atom stereocenters. The van der Waals surface area contributed by atoms with Crippen molar-refractivity contribution in [2.75, 3.05) is 32.1 Å². The second-order valence-electron chi connectivity index (χ2n) is 6.77.